The number of likely N-dealkylation sites (tertiary alicyclic amines) is 1. The molecule has 1 fully saturated rings. The van der Waals surface area contributed by atoms with Crippen molar-refractivity contribution in [3.8, 4) is 5.88 Å². The fourth-order valence-corrected chi connectivity index (χ4v) is 2.59. The number of amides is 1. The summed E-state index contributed by atoms with van der Waals surface area (Å²) in [5.41, 5.74) is 0.543. The van der Waals surface area contributed by atoms with Gasteiger partial charge in [-0.3, -0.25) is 4.79 Å². The van der Waals surface area contributed by atoms with Crippen molar-refractivity contribution in [1.82, 2.24) is 9.88 Å². The molecule has 1 amide bonds. The molecule has 2 heterocycles. The average Bonchev–Trinajstić information content (AvgIpc) is 2.37. The van der Waals surface area contributed by atoms with Crippen molar-refractivity contribution < 1.29 is 14.6 Å². The summed E-state index contributed by atoms with van der Waals surface area (Å²) in [6.07, 6.45) is 3.17. The van der Waals surface area contributed by atoms with Crippen molar-refractivity contribution in [1.29, 1.82) is 0 Å². The second-order valence-electron chi connectivity index (χ2n) is 5.57. The topological polar surface area (TPSA) is 62.7 Å². The van der Waals surface area contributed by atoms with Gasteiger partial charge >= 0.3 is 0 Å². The van der Waals surface area contributed by atoms with Gasteiger partial charge in [0, 0.05) is 19.3 Å². The Morgan fingerprint density at radius 3 is 3.00 bits per heavy atom. The number of aromatic nitrogens is 1. The van der Waals surface area contributed by atoms with Crippen molar-refractivity contribution in [2.75, 3.05) is 19.7 Å². The standard InChI is InChI=1S/C15H22N2O3/c1-4-20-13-12(11(2)6-8-16-13)14(18)17-9-5-7-15(3,19)10-17/h6,8,19H,4-5,7,9-10H2,1-3H3. The first-order valence-electron chi connectivity index (χ1n) is 7.04. The number of ether oxygens (including phenoxy) is 1. The highest BCUT2D eigenvalue weighted by atomic mass is 16.5. The number of hydrogen-bond acceptors (Lipinski definition) is 4. The Labute approximate surface area is 119 Å². The molecule has 0 bridgehead atoms. The van der Waals surface area contributed by atoms with Gasteiger partial charge < -0.3 is 14.7 Å². The van der Waals surface area contributed by atoms with Gasteiger partial charge in [0.1, 0.15) is 5.56 Å². The maximum Gasteiger partial charge on any atom is 0.259 e. The molecule has 5 heteroatoms. The number of pyridine rings is 1. The van der Waals surface area contributed by atoms with Crippen LogP contribution >= 0.6 is 0 Å². The van der Waals surface area contributed by atoms with E-state index in [0.29, 0.717) is 31.1 Å². The maximum atomic E-state index is 12.7. The van der Waals surface area contributed by atoms with Gasteiger partial charge in [-0.25, -0.2) is 4.98 Å². The minimum atomic E-state index is -0.810. The van der Waals surface area contributed by atoms with Crippen LogP contribution in [0.5, 0.6) is 5.88 Å². The van der Waals surface area contributed by atoms with Crippen LogP contribution in [0.4, 0.5) is 0 Å². The second-order valence-corrected chi connectivity index (χ2v) is 5.57. The van der Waals surface area contributed by atoms with Gasteiger partial charge in [0.15, 0.2) is 0 Å². The summed E-state index contributed by atoms with van der Waals surface area (Å²) >= 11 is 0. The Morgan fingerprint density at radius 2 is 2.35 bits per heavy atom. The molecule has 1 aromatic rings. The number of β-amino-alcohol motifs (C(OH)–C–C–N with tert-alkyl or cyclic N) is 1. The number of hydrogen-bond donors (Lipinski definition) is 1. The van der Waals surface area contributed by atoms with Crippen molar-refractivity contribution >= 4 is 5.91 Å². The summed E-state index contributed by atoms with van der Waals surface area (Å²) in [6, 6.07) is 1.80. The molecular weight excluding hydrogens is 256 g/mol. The summed E-state index contributed by atoms with van der Waals surface area (Å²) in [6.45, 7) is 6.99. The van der Waals surface area contributed by atoms with E-state index in [1.165, 1.54) is 0 Å². The minimum Gasteiger partial charge on any atom is -0.477 e. The summed E-state index contributed by atoms with van der Waals surface area (Å²) < 4.78 is 5.46. The number of nitrogens with zero attached hydrogens (tertiary/aromatic N) is 2. The van der Waals surface area contributed by atoms with Gasteiger partial charge in [0.2, 0.25) is 5.88 Å². The molecule has 0 spiro atoms. The SMILES string of the molecule is CCOc1nccc(C)c1C(=O)N1CCCC(C)(O)C1. The maximum absolute atomic E-state index is 12.7. The van der Waals surface area contributed by atoms with Crippen LogP contribution in [0.15, 0.2) is 12.3 Å². The number of aryl methyl sites for hydroxylation is 1. The van der Waals surface area contributed by atoms with Crippen LogP contribution in [0, 0.1) is 6.92 Å². The van der Waals surface area contributed by atoms with Gasteiger partial charge in [0.25, 0.3) is 5.91 Å². The first kappa shape index (κ1) is 14.8. The highest BCUT2D eigenvalue weighted by Gasteiger charge is 2.33. The zero-order chi connectivity index (χ0) is 14.8. The lowest BCUT2D eigenvalue weighted by atomic mass is 9.94. The largest absolute Gasteiger partial charge is 0.477 e. The first-order valence-corrected chi connectivity index (χ1v) is 7.04. The third-order valence-electron chi connectivity index (χ3n) is 3.58. The quantitative estimate of drug-likeness (QED) is 0.915. The van der Waals surface area contributed by atoms with Gasteiger partial charge in [-0.2, -0.15) is 0 Å². The number of carbonyl (C=O) groups is 1. The van der Waals surface area contributed by atoms with Gasteiger partial charge in [-0.15, -0.1) is 0 Å². The third-order valence-corrected chi connectivity index (χ3v) is 3.58. The van der Waals surface area contributed by atoms with E-state index in [4.69, 9.17) is 4.74 Å². The Bertz CT molecular complexity index is 500. The van der Waals surface area contributed by atoms with Gasteiger partial charge in [-0.1, -0.05) is 0 Å². The van der Waals surface area contributed by atoms with Crippen LogP contribution in [-0.2, 0) is 0 Å². The Morgan fingerprint density at radius 1 is 1.60 bits per heavy atom. The van der Waals surface area contributed by atoms with Crippen molar-refractivity contribution in [2.24, 2.45) is 0 Å². The van der Waals surface area contributed by atoms with Crippen LogP contribution in [0.25, 0.3) is 0 Å². The van der Waals surface area contributed by atoms with E-state index in [0.717, 1.165) is 18.4 Å². The Balaban J connectivity index is 2.29. The van der Waals surface area contributed by atoms with Crippen LogP contribution in [0.3, 0.4) is 0 Å². The zero-order valence-electron chi connectivity index (χ0n) is 12.3. The molecule has 0 saturated carbocycles. The van der Waals surface area contributed by atoms with Crippen LogP contribution in [0.1, 0.15) is 42.6 Å². The fourth-order valence-electron chi connectivity index (χ4n) is 2.59. The molecule has 1 aromatic heterocycles. The van der Waals surface area contributed by atoms with Gasteiger partial charge in [-0.05, 0) is 45.2 Å². The van der Waals surface area contributed by atoms with E-state index in [1.54, 1.807) is 24.1 Å². The highest BCUT2D eigenvalue weighted by molar-refractivity contribution is 5.97. The normalized spacial score (nSPS) is 22.7. The van der Waals surface area contributed by atoms with Gasteiger partial charge in [0.05, 0.1) is 12.2 Å². The molecule has 0 aliphatic carbocycles. The number of piperidine rings is 1. The fraction of sp³-hybridized carbons (Fsp3) is 0.600. The summed E-state index contributed by atoms with van der Waals surface area (Å²) in [4.78, 5) is 18.5. The molecule has 1 saturated heterocycles. The molecule has 0 radical (unpaired) electrons. The second kappa shape index (κ2) is 5.79. The molecule has 1 unspecified atom stereocenters. The lowest BCUT2D eigenvalue weighted by Gasteiger charge is -2.37. The van der Waals surface area contributed by atoms with Crippen molar-refractivity contribution in [3.05, 3.63) is 23.4 Å². The van der Waals surface area contributed by atoms with Crippen molar-refractivity contribution in [2.45, 2.75) is 39.2 Å². The smallest absolute Gasteiger partial charge is 0.259 e. The van der Waals surface area contributed by atoms with E-state index in [2.05, 4.69) is 4.98 Å². The number of rotatable bonds is 3. The number of aliphatic hydroxyl groups is 1. The van der Waals surface area contributed by atoms with Crippen LogP contribution in [-0.4, -0.2) is 46.2 Å². The Kier molecular flexibility index (Phi) is 4.28. The molecule has 1 aliphatic rings. The molecular formula is C15H22N2O3. The Hall–Kier alpha value is -1.62. The molecule has 110 valence electrons. The molecule has 1 N–H and O–H groups in total. The average molecular weight is 278 g/mol. The molecule has 1 atom stereocenters. The van der Waals surface area contributed by atoms with E-state index in [1.807, 2.05) is 13.8 Å². The van der Waals surface area contributed by atoms with Crippen LogP contribution < -0.4 is 4.74 Å². The number of carbonyl (C=O) groups excluding carboxylic acids is 1. The summed E-state index contributed by atoms with van der Waals surface area (Å²) in [5.74, 6) is 0.266. The van der Waals surface area contributed by atoms with E-state index >= 15 is 0 Å². The molecule has 5 nitrogen and oxygen atoms in total. The van der Waals surface area contributed by atoms with E-state index in [-0.39, 0.29) is 5.91 Å². The molecule has 2 rings (SSSR count). The monoisotopic (exact) mass is 278 g/mol. The predicted molar refractivity (Wildman–Crippen MR) is 75.9 cm³/mol. The predicted octanol–water partition coefficient (Wildman–Crippen LogP) is 1.78. The minimum absolute atomic E-state index is 0.112. The summed E-state index contributed by atoms with van der Waals surface area (Å²) in [7, 11) is 0. The zero-order valence-corrected chi connectivity index (χ0v) is 12.3. The lowest BCUT2D eigenvalue weighted by Crippen LogP contribution is -2.48. The molecule has 0 aromatic carbocycles. The third kappa shape index (κ3) is 3.10. The summed E-state index contributed by atoms with van der Waals surface area (Å²) in [5, 5.41) is 10.1. The molecule has 20 heavy (non-hydrogen) atoms. The lowest BCUT2D eigenvalue weighted by molar-refractivity contribution is -0.0109. The van der Waals surface area contributed by atoms with Crippen molar-refractivity contribution in [3.63, 3.8) is 0 Å². The van der Waals surface area contributed by atoms with E-state index in [9.17, 15) is 9.90 Å². The highest BCUT2D eigenvalue weighted by Crippen LogP contribution is 2.26. The molecule has 1 aliphatic heterocycles. The van der Waals surface area contributed by atoms with Crippen LogP contribution in [0.2, 0.25) is 0 Å². The first-order chi connectivity index (χ1) is 9.44. The van der Waals surface area contributed by atoms with E-state index < -0.39 is 5.60 Å².